The summed E-state index contributed by atoms with van der Waals surface area (Å²) in [5.41, 5.74) is 1.86. The summed E-state index contributed by atoms with van der Waals surface area (Å²) in [6.07, 6.45) is 8.08. The van der Waals surface area contributed by atoms with Gasteiger partial charge >= 0.3 is 0 Å². The quantitative estimate of drug-likeness (QED) is 0.692. The number of halogens is 1. The number of rotatable bonds is 5. The Morgan fingerprint density at radius 2 is 2.08 bits per heavy atom. The molecule has 1 saturated heterocycles. The van der Waals surface area contributed by atoms with Gasteiger partial charge in [0.1, 0.15) is 11.6 Å². The molecule has 0 amide bonds. The summed E-state index contributed by atoms with van der Waals surface area (Å²) in [5.74, 6) is 1.57. The molecule has 0 saturated carbocycles. The molecule has 4 rings (SSSR count). The average Bonchev–Trinajstić information content (AvgIpc) is 3.13. The van der Waals surface area contributed by atoms with Crippen LogP contribution in [-0.4, -0.2) is 28.0 Å². The maximum atomic E-state index is 13.8. The second-order valence-corrected chi connectivity index (χ2v) is 6.87. The number of aromatic nitrogens is 2. The van der Waals surface area contributed by atoms with Gasteiger partial charge in [0.15, 0.2) is 5.89 Å². The van der Waals surface area contributed by atoms with E-state index in [1.807, 2.05) is 18.3 Å². The Balaban J connectivity index is 1.41. The summed E-state index contributed by atoms with van der Waals surface area (Å²) in [4.78, 5) is 11.1. The summed E-state index contributed by atoms with van der Waals surface area (Å²) in [7, 11) is 0. The van der Waals surface area contributed by atoms with Crippen molar-refractivity contribution in [1.82, 2.24) is 14.9 Å². The Labute approximate surface area is 152 Å². The largest absolute Gasteiger partial charge is 0.445 e. The van der Waals surface area contributed by atoms with Crippen molar-refractivity contribution in [3.8, 4) is 0 Å². The molecule has 1 aliphatic rings. The summed E-state index contributed by atoms with van der Waals surface area (Å²) >= 11 is 0. The molecule has 0 unspecified atom stereocenters. The van der Waals surface area contributed by atoms with Crippen LogP contribution in [0.5, 0.6) is 0 Å². The number of benzene rings is 1. The second kappa shape index (κ2) is 7.79. The fourth-order valence-corrected chi connectivity index (χ4v) is 3.57. The van der Waals surface area contributed by atoms with Gasteiger partial charge < -0.3 is 4.42 Å². The predicted molar refractivity (Wildman–Crippen MR) is 97.2 cm³/mol. The SMILES string of the molecule is Fc1ccccc1Cc1cnc([C@H]2CCCN(Cc3cccnc3)C2)o1. The Morgan fingerprint density at radius 3 is 2.92 bits per heavy atom. The highest BCUT2D eigenvalue weighted by Crippen LogP contribution is 2.28. The van der Waals surface area contributed by atoms with Crippen LogP contribution in [0.25, 0.3) is 0 Å². The van der Waals surface area contributed by atoms with Gasteiger partial charge in [-0.15, -0.1) is 0 Å². The molecule has 3 aromatic rings. The van der Waals surface area contributed by atoms with Crippen LogP contribution in [0.2, 0.25) is 0 Å². The normalized spacial score (nSPS) is 18.1. The molecular formula is C21H22FN3O. The standard InChI is InChI=1S/C21H22FN3O/c22-20-8-2-1-6-17(20)11-19-13-24-21(26-19)18-7-4-10-25(15-18)14-16-5-3-9-23-12-16/h1-3,5-6,8-9,12-13,18H,4,7,10-11,14-15H2/t18-/m0/s1. The summed E-state index contributed by atoms with van der Waals surface area (Å²) in [6, 6.07) is 10.9. The van der Waals surface area contributed by atoms with Crippen LogP contribution in [0.1, 0.15) is 41.5 Å². The fraction of sp³-hybridized carbons (Fsp3) is 0.333. The van der Waals surface area contributed by atoms with Crippen molar-refractivity contribution in [3.63, 3.8) is 0 Å². The monoisotopic (exact) mass is 351 g/mol. The minimum atomic E-state index is -0.203. The van der Waals surface area contributed by atoms with Crippen LogP contribution in [0.4, 0.5) is 4.39 Å². The third-order valence-electron chi connectivity index (χ3n) is 4.88. The molecule has 1 fully saturated rings. The van der Waals surface area contributed by atoms with Crippen molar-refractivity contribution >= 4 is 0 Å². The van der Waals surface area contributed by atoms with E-state index < -0.39 is 0 Å². The van der Waals surface area contributed by atoms with E-state index in [0.717, 1.165) is 44.1 Å². The lowest BCUT2D eigenvalue weighted by atomic mass is 9.97. The molecule has 5 heteroatoms. The predicted octanol–water partition coefficient (Wildman–Crippen LogP) is 4.18. The van der Waals surface area contributed by atoms with Gasteiger partial charge in [0.05, 0.1) is 6.20 Å². The first-order valence-corrected chi connectivity index (χ1v) is 9.07. The molecule has 3 heterocycles. The van der Waals surface area contributed by atoms with Gasteiger partial charge in [0, 0.05) is 37.8 Å². The molecule has 134 valence electrons. The molecule has 1 atom stereocenters. The zero-order chi connectivity index (χ0) is 17.8. The summed E-state index contributed by atoms with van der Waals surface area (Å²) < 4.78 is 19.8. The van der Waals surface area contributed by atoms with Crippen LogP contribution < -0.4 is 0 Å². The maximum absolute atomic E-state index is 13.8. The zero-order valence-electron chi connectivity index (χ0n) is 14.6. The van der Waals surface area contributed by atoms with Crippen LogP contribution in [-0.2, 0) is 13.0 Å². The Hall–Kier alpha value is -2.53. The first-order valence-electron chi connectivity index (χ1n) is 9.07. The minimum absolute atomic E-state index is 0.203. The summed E-state index contributed by atoms with van der Waals surface area (Å²) in [5, 5.41) is 0. The number of pyridine rings is 1. The molecule has 0 bridgehead atoms. The van der Waals surface area contributed by atoms with Crippen LogP contribution in [0.15, 0.2) is 59.4 Å². The zero-order valence-corrected chi connectivity index (χ0v) is 14.6. The van der Waals surface area contributed by atoms with Gasteiger partial charge in [-0.2, -0.15) is 0 Å². The van der Waals surface area contributed by atoms with Crippen LogP contribution >= 0.6 is 0 Å². The van der Waals surface area contributed by atoms with E-state index >= 15 is 0 Å². The van der Waals surface area contributed by atoms with E-state index in [4.69, 9.17) is 4.42 Å². The molecular weight excluding hydrogens is 329 g/mol. The number of hydrogen-bond donors (Lipinski definition) is 0. The molecule has 0 aliphatic carbocycles. The van der Waals surface area contributed by atoms with Crippen molar-refractivity contribution in [1.29, 1.82) is 0 Å². The van der Waals surface area contributed by atoms with Crippen molar-refractivity contribution < 1.29 is 8.81 Å². The molecule has 0 N–H and O–H groups in total. The number of likely N-dealkylation sites (tertiary alicyclic amines) is 1. The smallest absolute Gasteiger partial charge is 0.198 e. The Morgan fingerprint density at radius 1 is 1.15 bits per heavy atom. The third-order valence-corrected chi connectivity index (χ3v) is 4.88. The van der Waals surface area contributed by atoms with Gasteiger partial charge in [0.2, 0.25) is 0 Å². The van der Waals surface area contributed by atoms with E-state index in [1.165, 1.54) is 11.6 Å². The molecule has 0 radical (unpaired) electrons. The molecule has 1 aromatic carbocycles. The third kappa shape index (κ3) is 3.99. The van der Waals surface area contributed by atoms with E-state index in [9.17, 15) is 4.39 Å². The first-order chi connectivity index (χ1) is 12.8. The number of oxazole rings is 1. The van der Waals surface area contributed by atoms with Gasteiger partial charge in [-0.05, 0) is 42.6 Å². The lowest BCUT2D eigenvalue weighted by Crippen LogP contribution is -2.34. The highest BCUT2D eigenvalue weighted by atomic mass is 19.1. The number of hydrogen-bond acceptors (Lipinski definition) is 4. The van der Waals surface area contributed by atoms with Gasteiger partial charge in [-0.1, -0.05) is 24.3 Å². The van der Waals surface area contributed by atoms with E-state index in [1.54, 1.807) is 24.5 Å². The van der Waals surface area contributed by atoms with Crippen molar-refractivity contribution in [3.05, 3.63) is 83.6 Å². The highest BCUT2D eigenvalue weighted by Gasteiger charge is 2.25. The van der Waals surface area contributed by atoms with E-state index in [0.29, 0.717) is 12.0 Å². The lowest BCUT2D eigenvalue weighted by Gasteiger charge is -2.31. The van der Waals surface area contributed by atoms with Gasteiger partial charge in [-0.3, -0.25) is 9.88 Å². The highest BCUT2D eigenvalue weighted by molar-refractivity contribution is 5.22. The van der Waals surface area contributed by atoms with Crippen LogP contribution in [0, 0.1) is 5.82 Å². The van der Waals surface area contributed by atoms with Crippen molar-refractivity contribution in [2.75, 3.05) is 13.1 Å². The maximum Gasteiger partial charge on any atom is 0.198 e. The van der Waals surface area contributed by atoms with Crippen LogP contribution in [0.3, 0.4) is 0 Å². The fourth-order valence-electron chi connectivity index (χ4n) is 3.57. The van der Waals surface area contributed by atoms with Crippen molar-refractivity contribution in [2.45, 2.75) is 31.7 Å². The lowest BCUT2D eigenvalue weighted by molar-refractivity contribution is 0.185. The topological polar surface area (TPSA) is 42.2 Å². The number of piperidine rings is 1. The summed E-state index contributed by atoms with van der Waals surface area (Å²) in [6.45, 7) is 2.90. The Bertz CT molecular complexity index is 849. The van der Waals surface area contributed by atoms with Gasteiger partial charge in [-0.25, -0.2) is 9.37 Å². The van der Waals surface area contributed by atoms with Crippen molar-refractivity contribution in [2.24, 2.45) is 0 Å². The molecule has 1 aliphatic heterocycles. The van der Waals surface area contributed by atoms with Gasteiger partial charge in [0.25, 0.3) is 0 Å². The minimum Gasteiger partial charge on any atom is -0.445 e. The van der Waals surface area contributed by atoms with E-state index in [-0.39, 0.29) is 11.7 Å². The first kappa shape index (κ1) is 16.9. The molecule has 0 spiro atoms. The number of nitrogens with zero attached hydrogens (tertiary/aromatic N) is 3. The molecule has 2 aromatic heterocycles. The second-order valence-electron chi connectivity index (χ2n) is 6.87. The average molecular weight is 351 g/mol. The Kier molecular flexibility index (Phi) is 5.07. The molecule has 26 heavy (non-hydrogen) atoms. The van der Waals surface area contributed by atoms with E-state index in [2.05, 4.69) is 20.9 Å². The molecule has 4 nitrogen and oxygen atoms in total.